The lowest BCUT2D eigenvalue weighted by atomic mass is 9.97. The minimum atomic E-state index is -0.900. The van der Waals surface area contributed by atoms with Gasteiger partial charge in [-0.2, -0.15) is 0 Å². The molecule has 1 aliphatic rings. The fourth-order valence-corrected chi connectivity index (χ4v) is 3.99. The molecule has 0 amide bonds. The lowest BCUT2D eigenvalue weighted by Crippen LogP contribution is -2.11. The number of benzene rings is 2. The minimum Gasteiger partial charge on any atom is -0.503 e. The Labute approximate surface area is 228 Å². The summed E-state index contributed by atoms with van der Waals surface area (Å²) >= 11 is 11.9. The van der Waals surface area contributed by atoms with Gasteiger partial charge in [-0.3, -0.25) is 0 Å². The molecule has 0 saturated heterocycles. The van der Waals surface area contributed by atoms with Crippen LogP contribution in [0.1, 0.15) is 36.1 Å². The molecule has 12 heteroatoms. The van der Waals surface area contributed by atoms with Gasteiger partial charge in [0.1, 0.15) is 34.6 Å². The van der Waals surface area contributed by atoms with Gasteiger partial charge < -0.3 is 23.9 Å². The average Bonchev–Trinajstić information content (AvgIpc) is 3.52. The van der Waals surface area contributed by atoms with Crippen molar-refractivity contribution < 1.29 is 37.5 Å². The first-order chi connectivity index (χ1) is 18.1. The van der Waals surface area contributed by atoms with E-state index in [4.69, 9.17) is 47.1 Å². The molecule has 0 spiro atoms. The van der Waals surface area contributed by atoms with E-state index in [1.165, 1.54) is 27.6 Å². The molecule has 0 aliphatic heterocycles. The van der Waals surface area contributed by atoms with Crippen molar-refractivity contribution in [2.24, 2.45) is 16.2 Å². The number of hydrogen-bond acceptors (Lipinski definition) is 8. The predicted molar refractivity (Wildman–Crippen MR) is 139 cm³/mol. The zero-order chi connectivity index (χ0) is 27.9. The summed E-state index contributed by atoms with van der Waals surface area (Å²) in [6.07, 6.45) is 2.18. The summed E-state index contributed by atoms with van der Waals surface area (Å²) in [5.41, 5.74) is 0.897. The molecule has 8 nitrogen and oxygen atoms in total. The highest BCUT2D eigenvalue weighted by Crippen LogP contribution is 2.53. The Bertz CT molecular complexity index is 1250. The van der Waals surface area contributed by atoms with Crippen LogP contribution in [0.2, 0.25) is 0 Å². The topological polar surface area (TPSA) is 87.9 Å². The van der Waals surface area contributed by atoms with Gasteiger partial charge in [0.2, 0.25) is 0 Å². The van der Waals surface area contributed by atoms with Gasteiger partial charge in [0.05, 0.1) is 33.3 Å². The van der Waals surface area contributed by atoms with Crippen LogP contribution in [-0.4, -0.2) is 50.2 Å². The maximum absolute atomic E-state index is 14.9. The number of rotatable bonds is 12. The standard InChI is InChI=1S/C26H26Cl2F2N2O6/c1-15(17-7-5-6-8-18(17)20(14-34-2)25(33)35-3)38-31-12-23(32-36-4)19-9-22(30)24(10-21(19)29)37-13-16-11-26(16,27)28/h5-10,12,14-16H,11,13H2,1-4H3. The van der Waals surface area contributed by atoms with Crippen molar-refractivity contribution in [1.82, 2.24) is 0 Å². The molecule has 0 N–H and O–H groups in total. The van der Waals surface area contributed by atoms with Gasteiger partial charge in [-0.15, -0.1) is 23.2 Å². The quantitative estimate of drug-likeness (QED) is 0.0798. The zero-order valence-corrected chi connectivity index (χ0v) is 22.6. The van der Waals surface area contributed by atoms with E-state index in [0.29, 0.717) is 17.5 Å². The third-order valence-electron chi connectivity index (χ3n) is 5.61. The normalized spacial score (nSPS) is 17.6. The molecular weight excluding hydrogens is 545 g/mol. The third kappa shape index (κ3) is 7.14. The summed E-state index contributed by atoms with van der Waals surface area (Å²) < 4.78 is 43.8. The second-order valence-electron chi connectivity index (χ2n) is 8.22. The predicted octanol–water partition coefficient (Wildman–Crippen LogP) is 5.81. The maximum atomic E-state index is 14.9. The molecule has 2 aromatic carbocycles. The van der Waals surface area contributed by atoms with Crippen LogP contribution in [-0.2, 0) is 23.9 Å². The molecule has 0 bridgehead atoms. The molecule has 1 aliphatic carbocycles. The molecule has 2 unspecified atom stereocenters. The largest absolute Gasteiger partial charge is 0.503 e. The molecule has 38 heavy (non-hydrogen) atoms. The molecule has 1 saturated carbocycles. The van der Waals surface area contributed by atoms with E-state index >= 15 is 0 Å². The molecule has 0 heterocycles. The van der Waals surface area contributed by atoms with Crippen LogP contribution in [0.25, 0.3) is 5.57 Å². The Morgan fingerprint density at radius 1 is 1.16 bits per heavy atom. The van der Waals surface area contributed by atoms with Crippen molar-refractivity contribution in [3.8, 4) is 5.75 Å². The third-order valence-corrected chi connectivity index (χ3v) is 6.53. The van der Waals surface area contributed by atoms with Gasteiger partial charge in [0.15, 0.2) is 11.6 Å². The zero-order valence-electron chi connectivity index (χ0n) is 21.0. The van der Waals surface area contributed by atoms with Crippen LogP contribution in [0.3, 0.4) is 0 Å². The molecule has 204 valence electrons. The van der Waals surface area contributed by atoms with Gasteiger partial charge in [0, 0.05) is 23.1 Å². The van der Waals surface area contributed by atoms with Crippen LogP contribution in [0.4, 0.5) is 8.78 Å². The van der Waals surface area contributed by atoms with Gasteiger partial charge in [0.25, 0.3) is 0 Å². The molecule has 1 fully saturated rings. The number of hydrogen-bond donors (Lipinski definition) is 0. The number of methoxy groups -OCH3 is 2. The number of halogens is 4. The van der Waals surface area contributed by atoms with Crippen LogP contribution in [0, 0.1) is 17.6 Å². The highest BCUT2D eigenvalue weighted by atomic mass is 35.5. The van der Waals surface area contributed by atoms with E-state index in [-0.39, 0.29) is 35.1 Å². The fourth-order valence-electron chi connectivity index (χ4n) is 3.49. The molecule has 0 aromatic heterocycles. The summed E-state index contributed by atoms with van der Waals surface area (Å²) in [6.45, 7) is 1.74. The average molecular weight is 571 g/mol. The maximum Gasteiger partial charge on any atom is 0.341 e. The van der Waals surface area contributed by atoms with Gasteiger partial charge in [-0.1, -0.05) is 34.6 Å². The molecule has 2 aromatic rings. The monoisotopic (exact) mass is 570 g/mol. The van der Waals surface area contributed by atoms with Crippen molar-refractivity contribution in [2.45, 2.75) is 23.8 Å². The number of carbonyl (C=O) groups excluding carboxylic acids is 1. The molecule has 3 rings (SSSR count). The Hall–Kier alpha value is -3.37. The van der Waals surface area contributed by atoms with E-state index in [9.17, 15) is 13.6 Å². The van der Waals surface area contributed by atoms with E-state index < -0.39 is 28.0 Å². The Morgan fingerprint density at radius 3 is 2.50 bits per heavy atom. The first-order valence-electron chi connectivity index (χ1n) is 11.3. The SMILES string of the molecule is COC=C(C(=O)OC)c1ccccc1C(C)ON=CC(=NOC)c1cc(F)c(OCC2CC2(Cl)Cl)cc1F. The van der Waals surface area contributed by atoms with Crippen LogP contribution >= 0.6 is 23.2 Å². The number of carbonyl (C=O) groups is 1. The Morgan fingerprint density at radius 2 is 1.87 bits per heavy atom. The van der Waals surface area contributed by atoms with Crippen molar-refractivity contribution in [1.29, 1.82) is 0 Å². The van der Waals surface area contributed by atoms with Crippen LogP contribution < -0.4 is 4.74 Å². The van der Waals surface area contributed by atoms with E-state index in [2.05, 4.69) is 10.3 Å². The lowest BCUT2D eigenvalue weighted by molar-refractivity contribution is -0.133. The summed E-state index contributed by atoms with van der Waals surface area (Å²) in [6, 6.07) is 8.73. The highest BCUT2D eigenvalue weighted by Gasteiger charge is 2.52. The van der Waals surface area contributed by atoms with E-state index in [1.54, 1.807) is 31.2 Å². The van der Waals surface area contributed by atoms with Crippen molar-refractivity contribution in [3.05, 3.63) is 71.0 Å². The van der Waals surface area contributed by atoms with Crippen molar-refractivity contribution >= 4 is 46.7 Å². The van der Waals surface area contributed by atoms with Crippen molar-refractivity contribution in [3.63, 3.8) is 0 Å². The molecule has 0 radical (unpaired) electrons. The van der Waals surface area contributed by atoms with Crippen LogP contribution in [0.15, 0.2) is 53.0 Å². The molecule has 2 atom stereocenters. The van der Waals surface area contributed by atoms with E-state index in [0.717, 1.165) is 18.3 Å². The summed E-state index contributed by atoms with van der Waals surface area (Å²) in [4.78, 5) is 22.6. The number of nitrogens with zero attached hydrogens (tertiary/aromatic N) is 2. The first kappa shape index (κ1) is 29.2. The Kier molecular flexibility index (Phi) is 9.93. The second kappa shape index (κ2) is 12.9. The Balaban J connectivity index is 1.78. The van der Waals surface area contributed by atoms with Crippen LogP contribution in [0.5, 0.6) is 5.75 Å². The van der Waals surface area contributed by atoms with Crippen molar-refractivity contribution in [2.75, 3.05) is 27.9 Å². The second-order valence-corrected chi connectivity index (χ2v) is 9.77. The van der Waals surface area contributed by atoms with Gasteiger partial charge in [-0.25, -0.2) is 13.6 Å². The summed E-state index contributed by atoms with van der Waals surface area (Å²) in [5, 5.41) is 7.60. The van der Waals surface area contributed by atoms with E-state index in [1.807, 2.05) is 0 Å². The fraction of sp³-hybridized carbons (Fsp3) is 0.346. The summed E-state index contributed by atoms with van der Waals surface area (Å²) in [7, 11) is 3.91. The van der Waals surface area contributed by atoms with Gasteiger partial charge >= 0.3 is 5.97 Å². The summed E-state index contributed by atoms with van der Waals surface area (Å²) in [5.74, 6) is -2.70. The first-order valence-corrected chi connectivity index (χ1v) is 12.1. The molecular formula is C26H26Cl2F2N2O6. The number of alkyl halides is 2. The smallest absolute Gasteiger partial charge is 0.341 e. The number of ether oxygens (including phenoxy) is 3. The number of oxime groups is 2. The highest BCUT2D eigenvalue weighted by molar-refractivity contribution is 6.50. The minimum absolute atomic E-state index is 0.0493. The lowest BCUT2D eigenvalue weighted by Gasteiger charge is -2.16. The van der Waals surface area contributed by atoms with Gasteiger partial charge in [-0.05, 0) is 25.0 Å². The number of esters is 1.